The van der Waals surface area contributed by atoms with Crippen LogP contribution in [-0.4, -0.2) is 31.8 Å². The van der Waals surface area contributed by atoms with Crippen molar-refractivity contribution in [3.8, 4) is 5.75 Å². The number of aliphatic hydroxyl groups excluding tert-OH is 1. The fourth-order valence-electron chi connectivity index (χ4n) is 1.99. The third-order valence-electron chi connectivity index (χ3n) is 3.07. The average Bonchev–Trinajstić information content (AvgIpc) is 2.32. The van der Waals surface area contributed by atoms with Gasteiger partial charge in [0.2, 0.25) is 0 Å². The molecule has 0 saturated heterocycles. The molecule has 1 rings (SSSR count). The monoisotopic (exact) mass is 237 g/mol. The van der Waals surface area contributed by atoms with Gasteiger partial charge >= 0.3 is 0 Å². The van der Waals surface area contributed by atoms with Crippen LogP contribution in [0.3, 0.4) is 0 Å². The van der Waals surface area contributed by atoms with E-state index in [9.17, 15) is 4.79 Å². The quantitative estimate of drug-likeness (QED) is 0.868. The molecule has 0 spiro atoms. The van der Waals surface area contributed by atoms with Crippen molar-refractivity contribution in [1.29, 1.82) is 0 Å². The first-order chi connectivity index (χ1) is 7.93. The number of ether oxygens (including phenoxy) is 1. The van der Waals surface area contributed by atoms with E-state index in [4.69, 9.17) is 9.84 Å². The molecule has 0 aromatic heterocycles. The van der Waals surface area contributed by atoms with Crippen LogP contribution in [-0.2, 0) is 4.79 Å². The lowest BCUT2D eigenvalue weighted by Crippen LogP contribution is -2.30. The summed E-state index contributed by atoms with van der Waals surface area (Å²) in [6.07, 6.45) is 0. The number of likely N-dealkylation sites (N-methyl/N-ethyl adjacent to an activating group) is 1. The Morgan fingerprint density at radius 1 is 1.35 bits per heavy atom. The van der Waals surface area contributed by atoms with Crippen molar-refractivity contribution in [2.45, 2.75) is 20.8 Å². The molecule has 1 aromatic carbocycles. The summed E-state index contributed by atoms with van der Waals surface area (Å²) in [7, 11) is 3.29. The smallest absolute Gasteiger partial charge is 0.252 e. The molecule has 0 fully saturated rings. The lowest BCUT2D eigenvalue weighted by atomic mass is 10.0. The number of carbonyl (C=O) groups is 1. The molecule has 0 aliphatic carbocycles. The summed E-state index contributed by atoms with van der Waals surface area (Å²) < 4.78 is 5.28. The Kier molecular flexibility index (Phi) is 4.12. The number of carbonyl (C=O) groups excluding carboxylic acids is 1. The zero-order valence-corrected chi connectivity index (χ0v) is 11.0. The van der Waals surface area contributed by atoms with Crippen molar-refractivity contribution in [3.63, 3.8) is 0 Å². The molecule has 1 aromatic rings. The van der Waals surface area contributed by atoms with Gasteiger partial charge in [-0.2, -0.15) is 0 Å². The first-order valence-electron chi connectivity index (χ1n) is 5.46. The van der Waals surface area contributed by atoms with Gasteiger partial charge in [-0.05, 0) is 43.5 Å². The van der Waals surface area contributed by atoms with Crippen LogP contribution < -0.4 is 9.64 Å². The number of hydrogen-bond acceptors (Lipinski definition) is 3. The first-order valence-corrected chi connectivity index (χ1v) is 5.46. The molecule has 0 bridgehead atoms. The summed E-state index contributed by atoms with van der Waals surface area (Å²) in [5, 5.41) is 8.90. The lowest BCUT2D eigenvalue weighted by molar-refractivity contribution is -0.120. The molecule has 1 amide bonds. The maximum absolute atomic E-state index is 11.5. The van der Waals surface area contributed by atoms with E-state index in [2.05, 4.69) is 0 Å². The Morgan fingerprint density at radius 2 is 1.94 bits per heavy atom. The predicted octanol–water partition coefficient (Wildman–Crippen LogP) is 1.58. The van der Waals surface area contributed by atoms with Crippen molar-refractivity contribution in [2.24, 2.45) is 0 Å². The minimum Gasteiger partial charge on any atom is -0.496 e. The van der Waals surface area contributed by atoms with Gasteiger partial charge in [-0.3, -0.25) is 4.79 Å². The molecule has 94 valence electrons. The van der Waals surface area contributed by atoms with Gasteiger partial charge in [-0.15, -0.1) is 0 Å². The highest BCUT2D eigenvalue weighted by Gasteiger charge is 2.17. The van der Waals surface area contributed by atoms with E-state index in [0.29, 0.717) is 0 Å². The van der Waals surface area contributed by atoms with Crippen molar-refractivity contribution in [2.75, 3.05) is 25.7 Å². The number of rotatable bonds is 3. The standard InChI is InChI=1S/C13H19NO3/c1-8-6-11(17-5)9(2)10(3)13(8)14(4)12(16)7-15/h6,15H,7H2,1-5H3. The molecule has 0 aliphatic rings. The molecule has 17 heavy (non-hydrogen) atoms. The summed E-state index contributed by atoms with van der Waals surface area (Å²) in [6.45, 7) is 5.33. The van der Waals surface area contributed by atoms with Crippen LogP contribution in [0.2, 0.25) is 0 Å². The third kappa shape index (κ3) is 2.42. The second kappa shape index (κ2) is 5.19. The minimum atomic E-state index is -0.486. The summed E-state index contributed by atoms with van der Waals surface area (Å²) in [6, 6.07) is 1.90. The maximum atomic E-state index is 11.5. The molecule has 0 atom stereocenters. The van der Waals surface area contributed by atoms with Crippen LogP contribution in [0.15, 0.2) is 6.07 Å². The summed E-state index contributed by atoms with van der Waals surface area (Å²) in [5.41, 5.74) is 3.79. The van der Waals surface area contributed by atoms with Crippen molar-refractivity contribution in [3.05, 3.63) is 22.8 Å². The SMILES string of the molecule is COc1cc(C)c(N(C)C(=O)CO)c(C)c1C. The van der Waals surface area contributed by atoms with E-state index in [1.807, 2.05) is 26.8 Å². The summed E-state index contributed by atoms with van der Waals surface area (Å²) in [4.78, 5) is 13.0. The average molecular weight is 237 g/mol. The highest BCUT2D eigenvalue weighted by atomic mass is 16.5. The van der Waals surface area contributed by atoms with E-state index in [-0.39, 0.29) is 5.91 Å². The van der Waals surface area contributed by atoms with Gasteiger partial charge in [-0.25, -0.2) is 0 Å². The molecule has 4 heteroatoms. The zero-order chi connectivity index (χ0) is 13.2. The van der Waals surface area contributed by atoms with Crippen LogP contribution in [0.25, 0.3) is 0 Å². The Balaban J connectivity index is 3.35. The van der Waals surface area contributed by atoms with E-state index >= 15 is 0 Å². The molecule has 0 saturated carbocycles. The number of methoxy groups -OCH3 is 1. The number of aryl methyl sites for hydroxylation is 1. The van der Waals surface area contributed by atoms with Crippen molar-refractivity contribution < 1.29 is 14.6 Å². The van der Waals surface area contributed by atoms with Gasteiger partial charge in [0.05, 0.1) is 7.11 Å². The number of amides is 1. The van der Waals surface area contributed by atoms with Crippen LogP contribution in [0.4, 0.5) is 5.69 Å². The number of anilines is 1. The fourth-order valence-corrected chi connectivity index (χ4v) is 1.99. The number of aliphatic hydroxyl groups is 1. The minimum absolute atomic E-state index is 0.319. The number of benzene rings is 1. The van der Waals surface area contributed by atoms with Crippen LogP contribution >= 0.6 is 0 Å². The van der Waals surface area contributed by atoms with E-state index < -0.39 is 6.61 Å². The highest BCUT2D eigenvalue weighted by molar-refractivity contribution is 5.95. The Hall–Kier alpha value is -1.55. The normalized spacial score (nSPS) is 10.2. The van der Waals surface area contributed by atoms with E-state index in [0.717, 1.165) is 28.1 Å². The highest BCUT2D eigenvalue weighted by Crippen LogP contribution is 2.33. The largest absolute Gasteiger partial charge is 0.496 e. The summed E-state index contributed by atoms with van der Waals surface area (Å²) in [5.74, 6) is 0.495. The molecular formula is C13H19NO3. The van der Waals surface area contributed by atoms with Gasteiger partial charge in [0.25, 0.3) is 5.91 Å². The van der Waals surface area contributed by atoms with Gasteiger partial charge < -0.3 is 14.7 Å². The Labute approximate surface area is 102 Å². The molecule has 0 radical (unpaired) electrons. The van der Waals surface area contributed by atoms with Gasteiger partial charge in [0.15, 0.2) is 0 Å². The van der Waals surface area contributed by atoms with Crippen LogP contribution in [0.5, 0.6) is 5.75 Å². The fraction of sp³-hybridized carbons (Fsp3) is 0.462. The first kappa shape index (κ1) is 13.5. The predicted molar refractivity (Wildman–Crippen MR) is 67.7 cm³/mol. The molecule has 0 unspecified atom stereocenters. The van der Waals surface area contributed by atoms with E-state index in [1.54, 1.807) is 14.2 Å². The van der Waals surface area contributed by atoms with Gasteiger partial charge in [0.1, 0.15) is 12.4 Å². The van der Waals surface area contributed by atoms with Crippen LogP contribution in [0.1, 0.15) is 16.7 Å². The zero-order valence-electron chi connectivity index (χ0n) is 11.0. The van der Waals surface area contributed by atoms with Crippen molar-refractivity contribution >= 4 is 11.6 Å². The third-order valence-corrected chi connectivity index (χ3v) is 3.07. The van der Waals surface area contributed by atoms with Gasteiger partial charge in [0, 0.05) is 12.7 Å². The number of nitrogens with zero attached hydrogens (tertiary/aromatic N) is 1. The second-order valence-corrected chi connectivity index (χ2v) is 4.11. The molecule has 1 N–H and O–H groups in total. The van der Waals surface area contributed by atoms with Crippen LogP contribution in [0, 0.1) is 20.8 Å². The Bertz CT molecular complexity index is 441. The van der Waals surface area contributed by atoms with E-state index in [1.165, 1.54) is 4.90 Å². The molecular weight excluding hydrogens is 218 g/mol. The second-order valence-electron chi connectivity index (χ2n) is 4.11. The Morgan fingerprint density at radius 3 is 2.41 bits per heavy atom. The lowest BCUT2D eigenvalue weighted by Gasteiger charge is -2.23. The van der Waals surface area contributed by atoms with Crippen molar-refractivity contribution in [1.82, 2.24) is 0 Å². The number of hydrogen-bond donors (Lipinski definition) is 1. The topological polar surface area (TPSA) is 49.8 Å². The molecule has 0 aliphatic heterocycles. The molecule has 0 heterocycles. The van der Waals surface area contributed by atoms with Gasteiger partial charge in [-0.1, -0.05) is 0 Å². The summed E-state index contributed by atoms with van der Waals surface area (Å²) >= 11 is 0. The maximum Gasteiger partial charge on any atom is 0.252 e. The molecule has 4 nitrogen and oxygen atoms in total.